The molecule has 4 rings (SSSR count). The van der Waals surface area contributed by atoms with Crippen LogP contribution in [-0.2, 0) is 14.8 Å². The molecule has 176 valence electrons. The number of amides is 1. The molecule has 0 bridgehead atoms. The van der Waals surface area contributed by atoms with Gasteiger partial charge in [-0.3, -0.25) is 9.69 Å². The zero-order valence-electron chi connectivity index (χ0n) is 18.8. The molecule has 0 aliphatic carbocycles. The van der Waals surface area contributed by atoms with E-state index in [2.05, 4.69) is 34.7 Å². The molecule has 1 amide bonds. The molecule has 0 aromatic carbocycles. The Kier molecular flexibility index (Phi) is 7.72. The van der Waals surface area contributed by atoms with Crippen LogP contribution in [0.2, 0.25) is 0 Å². The van der Waals surface area contributed by atoms with Crippen LogP contribution in [0.3, 0.4) is 0 Å². The number of nitrogens with one attached hydrogen (secondary N) is 1. The number of carbonyl (C=O) groups excluding carboxylic acids is 1. The molecular formula is C23H33N3O3S3. The summed E-state index contributed by atoms with van der Waals surface area (Å²) in [6.07, 6.45) is 3.81. The Balaban J connectivity index is 1.39. The van der Waals surface area contributed by atoms with Crippen molar-refractivity contribution in [3.63, 3.8) is 0 Å². The number of thiophene rings is 2. The lowest BCUT2D eigenvalue weighted by atomic mass is 9.97. The number of carbonyl (C=O) groups is 1. The maximum absolute atomic E-state index is 13.1. The molecule has 1 N–H and O–H groups in total. The topological polar surface area (TPSA) is 69.7 Å². The molecule has 0 spiro atoms. The largest absolute Gasteiger partial charge is 0.354 e. The number of sulfonamides is 1. The Hall–Kier alpha value is -1.26. The van der Waals surface area contributed by atoms with Gasteiger partial charge in [0.05, 0.1) is 12.0 Å². The summed E-state index contributed by atoms with van der Waals surface area (Å²) >= 11 is 3.03. The highest BCUT2D eigenvalue weighted by molar-refractivity contribution is 7.91. The van der Waals surface area contributed by atoms with E-state index in [0.29, 0.717) is 23.7 Å². The summed E-state index contributed by atoms with van der Waals surface area (Å²) in [6.45, 7) is 7.62. The Labute approximate surface area is 199 Å². The van der Waals surface area contributed by atoms with Crippen molar-refractivity contribution in [2.45, 2.75) is 49.8 Å². The van der Waals surface area contributed by atoms with E-state index in [0.717, 1.165) is 30.3 Å². The maximum atomic E-state index is 13.1. The molecule has 9 heteroatoms. The highest BCUT2D eigenvalue weighted by Gasteiger charge is 2.34. The summed E-state index contributed by atoms with van der Waals surface area (Å²) in [7, 11) is -3.53. The summed E-state index contributed by atoms with van der Waals surface area (Å²) in [5.41, 5.74) is 0. The fraction of sp³-hybridized carbons (Fsp3) is 0.609. The van der Waals surface area contributed by atoms with Crippen LogP contribution in [0, 0.1) is 18.8 Å². The minimum absolute atomic E-state index is 0.0285. The van der Waals surface area contributed by atoms with Gasteiger partial charge in [-0.15, -0.1) is 22.7 Å². The third kappa shape index (κ3) is 5.44. The van der Waals surface area contributed by atoms with E-state index in [-0.39, 0.29) is 24.4 Å². The van der Waals surface area contributed by atoms with E-state index in [1.54, 1.807) is 17.4 Å². The smallest absolute Gasteiger partial charge is 0.252 e. The monoisotopic (exact) mass is 495 g/mol. The number of hydrogen-bond acceptors (Lipinski definition) is 6. The van der Waals surface area contributed by atoms with Crippen LogP contribution < -0.4 is 5.32 Å². The van der Waals surface area contributed by atoms with Gasteiger partial charge in [0.25, 0.3) is 10.0 Å². The van der Waals surface area contributed by atoms with E-state index >= 15 is 0 Å². The SMILES string of the molecule is Cc1ccc(S(=O)(=O)N2CCCC(C(=O)NCC(c3cccs3)N3CCC(C)CC3)C2)s1. The number of hydrogen-bond donors (Lipinski definition) is 1. The van der Waals surface area contributed by atoms with Crippen molar-refractivity contribution in [3.8, 4) is 0 Å². The van der Waals surface area contributed by atoms with E-state index in [1.165, 1.54) is 33.4 Å². The lowest BCUT2D eigenvalue weighted by Gasteiger charge is -2.37. The Morgan fingerprint density at radius 2 is 1.97 bits per heavy atom. The summed E-state index contributed by atoms with van der Waals surface area (Å²) in [5, 5.41) is 5.26. The first-order valence-electron chi connectivity index (χ1n) is 11.5. The van der Waals surface area contributed by atoms with Gasteiger partial charge < -0.3 is 5.32 Å². The number of likely N-dealkylation sites (tertiary alicyclic amines) is 1. The molecule has 0 radical (unpaired) electrons. The molecule has 32 heavy (non-hydrogen) atoms. The van der Waals surface area contributed by atoms with Crippen molar-refractivity contribution in [1.29, 1.82) is 0 Å². The van der Waals surface area contributed by atoms with Gasteiger partial charge in [0, 0.05) is 29.4 Å². The molecule has 2 aromatic rings. The fourth-order valence-electron chi connectivity index (χ4n) is 4.63. The van der Waals surface area contributed by atoms with Crippen LogP contribution >= 0.6 is 22.7 Å². The van der Waals surface area contributed by atoms with Gasteiger partial charge in [-0.25, -0.2) is 8.42 Å². The molecule has 2 aliphatic rings. The Morgan fingerprint density at radius 3 is 2.62 bits per heavy atom. The van der Waals surface area contributed by atoms with Crippen molar-refractivity contribution in [3.05, 3.63) is 39.4 Å². The molecule has 0 saturated carbocycles. The van der Waals surface area contributed by atoms with Crippen molar-refractivity contribution in [1.82, 2.24) is 14.5 Å². The normalized spacial score (nSPS) is 22.6. The lowest BCUT2D eigenvalue weighted by Crippen LogP contribution is -2.47. The van der Waals surface area contributed by atoms with Crippen molar-refractivity contribution >= 4 is 38.6 Å². The predicted molar refractivity (Wildman–Crippen MR) is 131 cm³/mol. The highest BCUT2D eigenvalue weighted by Crippen LogP contribution is 2.30. The summed E-state index contributed by atoms with van der Waals surface area (Å²) in [4.78, 5) is 17.8. The van der Waals surface area contributed by atoms with Gasteiger partial charge in [-0.05, 0) is 75.2 Å². The Morgan fingerprint density at radius 1 is 1.19 bits per heavy atom. The van der Waals surface area contributed by atoms with E-state index in [1.807, 2.05) is 13.0 Å². The van der Waals surface area contributed by atoms with Gasteiger partial charge in [-0.2, -0.15) is 4.31 Å². The van der Waals surface area contributed by atoms with Crippen LogP contribution in [0.5, 0.6) is 0 Å². The van der Waals surface area contributed by atoms with Gasteiger partial charge in [0.1, 0.15) is 4.21 Å². The highest BCUT2D eigenvalue weighted by atomic mass is 32.2. The minimum Gasteiger partial charge on any atom is -0.354 e. The minimum atomic E-state index is -3.53. The molecule has 2 saturated heterocycles. The van der Waals surface area contributed by atoms with Gasteiger partial charge in [-0.1, -0.05) is 13.0 Å². The zero-order valence-corrected chi connectivity index (χ0v) is 21.3. The van der Waals surface area contributed by atoms with Gasteiger partial charge in [0.15, 0.2) is 0 Å². The van der Waals surface area contributed by atoms with Gasteiger partial charge in [0.2, 0.25) is 5.91 Å². The number of aryl methyl sites for hydroxylation is 1. The first-order chi connectivity index (χ1) is 15.3. The predicted octanol–water partition coefficient (Wildman–Crippen LogP) is 4.11. The van der Waals surface area contributed by atoms with Crippen LogP contribution in [-0.4, -0.2) is 56.3 Å². The van der Waals surface area contributed by atoms with E-state index < -0.39 is 10.0 Å². The van der Waals surface area contributed by atoms with Crippen molar-refractivity contribution in [2.24, 2.45) is 11.8 Å². The number of nitrogens with zero attached hydrogens (tertiary/aromatic N) is 2. The standard InChI is InChI=1S/C23H33N3O3S3/c1-17-9-12-25(13-10-17)20(21-6-4-14-30-21)15-24-23(27)19-5-3-11-26(16-19)32(28,29)22-8-7-18(2)31-22/h4,6-8,14,17,19-20H,3,5,9-13,15-16H2,1-2H3,(H,24,27). The summed E-state index contributed by atoms with van der Waals surface area (Å²) in [5.74, 6) is 0.427. The molecule has 2 aromatic heterocycles. The molecule has 2 unspecified atom stereocenters. The second kappa shape index (κ2) is 10.3. The first kappa shape index (κ1) is 23.9. The first-order valence-corrected chi connectivity index (χ1v) is 14.6. The summed E-state index contributed by atoms with van der Waals surface area (Å²) < 4.78 is 27.9. The average Bonchev–Trinajstić information content (AvgIpc) is 3.47. The third-order valence-corrected chi connectivity index (χ3v) is 11.0. The van der Waals surface area contributed by atoms with Crippen LogP contribution in [0.4, 0.5) is 0 Å². The number of rotatable bonds is 7. The van der Waals surface area contributed by atoms with Crippen LogP contribution in [0.25, 0.3) is 0 Å². The second-order valence-electron chi connectivity index (χ2n) is 9.06. The van der Waals surface area contributed by atoms with Crippen molar-refractivity contribution < 1.29 is 13.2 Å². The van der Waals surface area contributed by atoms with Crippen molar-refractivity contribution in [2.75, 3.05) is 32.7 Å². The molecule has 4 heterocycles. The molecule has 2 aliphatic heterocycles. The lowest BCUT2D eigenvalue weighted by molar-refractivity contribution is -0.126. The zero-order chi connectivity index (χ0) is 22.7. The van der Waals surface area contributed by atoms with Crippen LogP contribution in [0.1, 0.15) is 48.4 Å². The third-order valence-electron chi connectivity index (χ3n) is 6.67. The second-order valence-corrected chi connectivity index (χ2v) is 13.5. The van der Waals surface area contributed by atoms with E-state index in [4.69, 9.17) is 0 Å². The molecule has 6 nitrogen and oxygen atoms in total. The van der Waals surface area contributed by atoms with Gasteiger partial charge >= 0.3 is 0 Å². The average molecular weight is 496 g/mol. The number of piperidine rings is 2. The van der Waals surface area contributed by atoms with Crippen LogP contribution in [0.15, 0.2) is 33.9 Å². The maximum Gasteiger partial charge on any atom is 0.252 e. The Bertz CT molecular complexity index is 995. The fourth-order valence-corrected chi connectivity index (χ4v) is 8.45. The van der Waals surface area contributed by atoms with E-state index in [9.17, 15) is 13.2 Å². The molecule has 2 fully saturated rings. The molecular weight excluding hydrogens is 462 g/mol. The summed E-state index contributed by atoms with van der Waals surface area (Å²) in [6, 6.07) is 7.90. The molecule has 2 atom stereocenters. The quantitative estimate of drug-likeness (QED) is 0.628.